The summed E-state index contributed by atoms with van der Waals surface area (Å²) in [6.07, 6.45) is -3.28. The van der Waals surface area contributed by atoms with Gasteiger partial charge in [0.1, 0.15) is 5.69 Å². The normalized spacial score (nSPS) is 16.6. The monoisotopic (exact) mass is 360 g/mol. The van der Waals surface area contributed by atoms with E-state index in [2.05, 4.69) is 4.90 Å². The number of carbonyl (C=O) groups excluding carboxylic acids is 1. The Morgan fingerprint density at radius 3 is 2.64 bits per heavy atom. The zero-order valence-electron chi connectivity index (χ0n) is 14.3. The maximum absolute atomic E-state index is 13.2. The van der Waals surface area contributed by atoms with Gasteiger partial charge in [0.15, 0.2) is 5.78 Å². The average molecular weight is 360 g/mol. The molecule has 0 spiro atoms. The van der Waals surface area contributed by atoms with Crippen molar-refractivity contribution in [1.29, 1.82) is 0 Å². The van der Waals surface area contributed by atoms with E-state index >= 15 is 0 Å². The van der Waals surface area contributed by atoms with Crippen LogP contribution in [0.2, 0.25) is 0 Å². The molecule has 0 saturated carbocycles. The van der Waals surface area contributed by atoms with Crippen LogP contribution in [0.5, 0.6) is 0 Å². The lowest BCUT2D eigenvalue weighted by atomic mass is 10.1. The number of hydrogen-bond donors (Lipinski definition) is 0. The zero-order chi connectivity index (χ0) is 18.4. The lowest BCUT2D eigenvalue weighted by Crippen LogP contribution is -2.34. The van der Waals surface area contributed by atoms with E-state index in [0.717, 1.165) is 31.6 Å². The molecule has 0 radical (unpaired) electrons. The molecule has 0 bridgehead atoms. The fourth-order valence-electron chi connectivity index (χ4n) is 2.92. The molecule has 0 unspecified atom stereocenters. The summed E-state index contributed by atoms with van der Waals surface area (Å²) in [5.74, 6) is -0.447. The van der Waals surface area contributed by atoms with Crippen molar-refractivity contribution in [2.24, 2.45) is 0 Å². The molecule has 1 aliphatic rings. The van der Waals surface area contributed by atoms with Gasteiger partial charge in [0, 0.05) is 32.7 Å². The highest BCUT2D eigenvalue weighted by Crippen LogP contribution is 2.28. The molecule has 140 valence electrons. The number of hydrogen-bond acceptors (Lipinski definition) is 4. The lowest BCUT2D eigenvalue weighted by molar-refractivity contribution is -0.144. The highest BCUT2D eigenvalue weighted by molar-refractivity contribution is 5.95. The highest BCUT2D eigenvalue weighted by Gasteiger charge is 2.35. The first-order chi connectivity index (χ1) is 11.8. The Kier molecular flexibility index (Phi) is 6.78. The molecular weight excluding hydrogens is 337 g/mol. The maximum Gasteiger partial charge on any atom is 0.431 e. The largest absolute Gasteiger partial charge is 0.431 e. The molecule has 25 heavy (non-hydrogen) atoms. The van der Waals surface area contributed by atoms with Crippen molar-refractivity contribution in [3.8, 4) is 0 Å². The molecule has 1 fully saturated rings. The minimum absolute atomic E-state index is 0.0735. The predicted octanol–water partition coefficient (Wildman–Crippen LogP) is 2.57. The Labute approximate surface area is 144 Å². The van der Waals surface area contributed by atoms with Crippen LogP contribution in [0.1, 0.15) is 42.2 Å². The Bertz CT molecular complexity index is 648. The van der Waals surface area contributed by atoms with E-state index in [1.807, 2.05) is 0 Å². The third kappa shape index (κ3) is 5.15. The van der Waals surface area contributed by atoms with Crippen LogP contribution in [-0.4, -0.2) is 48.1 Å². The third-order valence-electron chi connectivity index (χ3n) is 4.26. The van der Waals surface area contributed by atoms with Gasteiger partial charge >= 0.3 is 6.18 Å². The summed E-state index contributed by atoms with van der Waals surface area (Å²) < 4.78 is 45.7. The van der Waals surface area contributed by atoms with Crippen molar-refractivity contribution in [2.75, 3.05) is 32.8 Å². The Balaban J connectivity index is 2.18. The first-order valence-electron chi connectivity index (χ1n) is 8.49. The summed E-state index contributed by atoms with van der Waals surface area (Å²) in [6, 6.07) is 1.81. The average Bonchev–Trinajstić information content (AvgIpc) is 2.83. The molecule has 1 aliphatic heterocycles. The summed E-state index contributed by atoms with van der Waals surface area (Å²) in [6.45, 7) is 4.94. The van der Waals surface area contributed by atoms with E-state index < -0.39 is 23.2 Å². The van der Waals surface area contributed by atoms with Gasteiger partial charge < -0.3 is 14.2 Å². The summed E-state index contributed by atoms with van der Waals surface area (Å²) in [5.41, 5.74) is -2.05. The summed E-state index contributed by atoms with van der Waals surface area (Å²) in [4.78, 5) is 26.3. The first-order valence-corrected chi connectivity index (χ1v) is 8.49. The van der Waals surface area contributed by atoms with Crippen molar-refractivity contribution in [1.82, 2.24) is 9.47 Å². The molecule has 1 aromatic rings. The SMILES string of the molecule is CCC(=O)c1ccc(C(F)(F)F)n(CCCN2CCCOCC2)c1=O. The summed E-state index contributed by atoms with van der Waals surface area (Å²) in [7, 11) is 0. The van der Waals surface area contributed by atoms with E-state index in [0.29, 0.717) is 30.7 Å². The molecule has 1 saturated heterocycles. The molecule has 0 amide bonds. The Hall–Kier alpha value is -1.67. The van der Waals surface area contributed by atoms with Crippen LogP contribution in [0.25, 0.3) is 0 Å². The molecular formula is C17H23F3N2O3. The molecule has 1 aromatic heterocycles. The summed E-state index contributed by atoms with van der Waals surface area (Å²) in [5, 5.41) is 0. The molecule has 8 heteroatoms. The number of halogens is 3. The second-order valence-electron chi connectivity index (χ2n) is 6.02. The second kappa shape index (κ2) is 8.62. The van der Waals surface area contributed by atoms with Crippen molar-refractivity contribution in [3.05, 3.63) is 33.7 Å². The van der Waals surface area contributed by atoms with Gasteiger partial charge in [0.25, 0.3) is 5.56 Å². The van der Waals surface area contributed by atoms with Gasteiger partial charge in [-0.2, -0.15) is 13.2 Å². The van der Waals surface area contributed by atoms with Crippen LogP contribution in [0.4, 0.5) is 13.2 Å². The lowest BCUT2D eigenvalue weighted by Gasteiger charge is -2.20. The molecule has 0 atom stereocenters. The Morgan fingerprint density at radius 2 is 1.96 bits per heavy atom. The number of ketones is 1. The summed E-state index contributed by atoms with van der Waals surface area (Å²) >= 11 is 0. The van der Waals surface area contributed by atoms with Gasteiger partial charge in [-0.25, -0.2) is 0 Å². The highest BCUT2D eigenvalue weighted by atomic mass is 19.4. The number of rotatable bonds is 6. The van der Waals surface area contributed by atoms with Gasteiger partial charge in [-0.05, 0) is 31.5 Å². The number of ether oxygens (including phenoxy) is 1. The van der Waals surface area contributed by atoms with Crippen LogP contribution in [-0.2, 0) is 17.5 Å². The number of carbonyl (C=O) groups is 1. The standard InChI is InChI=1S/C17H23F3N2O3/c1-2-14(23)13-5-6-15(17(18,19)20)22(16(13)24)9-3-7-21-8-4-11-25-12-10-21/h5-6H,2-4,7-12H2,1H3. The van der Waals surface area contributed by atoms with Gasteiger partial charge in [-0.1, -0.05) is 6.92 Å². The predicted molar refractivity (Wildman–Crippen MR) is 86.8 cm³/mol. The van der Waals surface area contributed by atoms with Crippen LogP contribution in [0, 0.1) is 0 Å². The van der Waals surface area contributed by atoms with E-state index in [1.54, 1.807) is 6.92 Å². The van der Waals surface area contributed by atoms with Crippen molar-refractivity contribution >= 4 is 5.78 Å². The second-order valence-corrected chi connectivity index (χ2v) is 6.02. The minimum atomic E-state index is -4.64. The van der Waals surface area contributed by atoms with Gasteiger partial charge in [0.2, 0.25) is 0 Å². The van der Waals surface area contributed by atoms with Crippen LogP contribution in [0.15, 0.2) is 16.9 Å². The topological polar surface area (TPSA) is 51.5 Å². The van der Waals surface area contributed by atoms with Gasteiger partial charge in [0.05, 0.1) is 12.2 Å². The minimum Gasteiger partial charge on any atom is -0.380 e. The van der Waals surface area contributed by atoms with E-state index in [4.69, 9.17) is 4.74 Å². The molecule has 0 N–H and O–H groups in total. The van der Waals surface area contributed by atoms with Crippen molar-refractivity contribution < 1.29 is 22.7 Å². The van der Waals surface area contributed by atoms with E-state index in [9.17, 15) is 22.8 Å². The van der Waals surface area contributed by atoms with Crippen molar-refractivity contribution in [2.45, 2.75) is 38.9 Å². The number of Topliss-reactive ketones (excluding diaryl/α,β-unsaturated/α-hetero) is 1. The number of aromatic nitrogens is 1. The van der Waals surface area contributed by atoms with Crippen molar-refractivity contribution in [3.63, 3.8) is 0 Å². The number of nitrogens with zero attached hydrogens (tertiary/aromatic N) is 2. The third-order valence-corrected chi connectivity index (χ3v) is 4.26. The fourth-order valence-corrected chi connectivity index (χ4v) is 2.92. The van der Waals surface area contributed by atoms with Crippen LogP contribution < -0.4 is 5.56 Å². The first kappa shape index (κ1) is 19.7. The number of alkyl halides is 3. The van der Waals surface area contributed by atoms with Gasteiger partial charge in [-0.15, -0.1) is 0 Å². The van der Waals surface area contributed by atoms with Crippen LogP contribution >= 0.6 is 0 Å². The molecule has 0 aliphatic carbocycles. The Morgan fingerprint density at radius 1 is 1.20 bits per heavy atom. The quantitative estimate of drug-likeness (QED) is 0.732. The van der Waals surface area contributed by atoms with Crippen LogP contribution in [0.3, 0.4) is 0 Å². The van der Waals surface area contributed by atoms with E-state index in [1.165, 1.54) is 0 Å². The number of pyridine rings is 1. The molecule has 2 rings (SSSR count). The smallest absolute Gasteiger partial charge is 0.380 e. The zero-order valence-corrected chi connectivity index (χ0v) is 14.3. The molecule has 0 aromatic carbocycles. The molecule has 2 heterocycles. The maximum atomic E-state index is 13.2. The van der Waals surface area contributed by atoms with E-state index in [-0.39, 0.29) is 18.5 Å². The fraction of sp³-hybridized carbons (Fsp3) is 0.647. The molecule has 5 nitrogen and oxygen atoms in total. The van der Waals surface area contributed by atoms with Gasteiger partial charge in [-0.3, -0.25) is 9.59 Å².